The molecule has 26 heavy (non-hydrogen) atoms. The summed E-state index contributed by atoms with van der Waals surface area (Å²) >= 11 is 0. The molecule has 0 bridgehead atoms. The number of benzene rings is 3. The lowest BCUT2D eigenvalue weighted by Crippen LogP contribution is -2.07. The summed E-state index contributed by atoms with van der Waals surface area (Å²) in [4.78, 5) is 3.65. The summed E-state index contributed by atoms with van der Waals surface area (Å²) in [7, 11) is 4.02. The molecule has 0 saturated carbocycles. The molecule has 128 valence electrons. The molecular formula is C20H18N6. The number of para-hydroxylation sites is 1. The van der Waals surface area contributed by atoms with Crippen LogP contribution in [-0.2, 0) is 0 Å². The fraction of sp³-hybridized carbons (Fsp3) is 0.100. The van der Waals surface area contributed by atoms with Crippen molar-refractivity contribution < 1.29 is 0 Å². The molecule has 4 aromatic rings. The lowest BCUT2D eigenvalue weighted by atomic mass is 10.2. The maximum atomic E-state index is 4.53. The largest absolute Gasteiger partial charge is 0.378 e. The molecule has 0 unspecified atom stereocenters. The summed E-state index contributed by atoms with van der Waals surface area (Å²) in [5.41, 5.74) is 5.11. The van der Waals surface area contributed by atoms with Gasteiger partial charge in [0.05, 0.1) is 5.69 Å². The minimum Gasteiger partial charge on any atom is -0.378 e. The SMILES string of the molecule is CN(C)c1ccc(N=Nc2ccccc2-n2nc3ccccc3n2)cc1. The van der Waals surface area contributed by atoms with Crippen molar-refractivity contribution in [3.05, 3.63) is 72.8 Å². The number of rotatable bonds is 4. The molecule has 6 heteroatoms. The van der Waals surface area contributed by atoms with Crippen LogP contribution < -0.4 is 4.90 Å². The third-order valence-electron chi connectivity index (χ3n) is 4.02. The van der Waals surface area contributed by atoms with Gasteiger partial charge in [-0.3, -0.25) is 0 Å². The lowest BCUT2D eigenvalue weighted by molar-refractivity contribution is 0.765. The zero-order valence-electron chi connectivity index (χ0n) is 14.6. The molecule has 0 saturated heterocycles. The van der Waals surface area contributed by atoms with Crippen molar-refractivity contribution in [2.75, 3.05) is 19.0 Å². The molecule has 0 aliphatic heterocycles. The van der Waals surface area contributed by atoms with E-state index in [2.05, 4.69) is 20.4 Å². The topological polar surface area (TPSA) is 58.7 Å². The molecule has 0 N–H and O–H groups in total. The van der Waals surface area contributed by atoms with Crippen molar-refractivity contribution in [1.29, 1.82) is 0 Å². The Hall–Kier alpha value is -3.54. The predicted octanol–water partition coefficient (Wildman–Crippen LogP) is 4.90. The second-order valence-electron chi connectivity index (χ2n) is 6.08. The average molecular weight is 342 g/mol. The van der Waals surface area contributed by atoms with Crippen LogP contribution in [0.25, 0.3) is 16.7 Å². The van der Waals surface area contributed by atoms with Gasteiger partial charge in [-0.15, -0.1) is 20.1 Å². The van der Waals surface area contributed by atoms with Gasteiger partial charge in [-0.25, -0.2) is 0 Å². The number of fused-ring (bicyclic) bond motifs is 1. The Balaban J connectivity index is 1.67. The molecule has 0 fully saturated rings. The van der Waals surface area contributed by atoms with Crippen molar-refractivity contribution in [3.63, 3.8) is 0 Å². The van der Waals surface area contributed by atoms with Gasteiger partial charge in [-0.05, 0) is 48.5 Å². The van der Waals surface area contributed by atoms with Gasteiger partial charge in [0.15, 0.2) is 0 Å². The molecule has 3 aromatic carbocycles. The van der Waals surface area contributed by atoms with E-state index in [4.69, 9.17) is 0 Å². The summed E-state index contributed by atoms with van der Waals surface area (Å²) in [6.45, 7) is 0. The van der Waals surface area contributed by atoms with E-state index in [1.807, 2.05) is 91.8 Å². The van der Waals surface area contributed by atoms with E-state index < -0.39 is 0 Å². The van der Waals surface area contributed by atoms with Crippen LogP contribution in [0.15, 0.2) is 83.0 Å². The van der Waals surface area contributed by atoms with E-state index in [0.717, 1.165) is 28.1 Å². The van der Waals surface area contributed by atoms with Crippen LogP contribution >= 0.6 is 0 Å². The second-order valence-corrected chi connectivity index (χ2v) is 6.08. The summed E-state index contributed by atoms with van der Waals surface area (Å²) in [5.74, 6) is 0. The van der Waals surface area contributed by atoms with E-state index in [9.17, 15) is 0 Å². The predicted molar refractivity (Wildman–Crippen MR) is 104 cm³/mol. The first-order valence-electron chi connectivity index (χ1n) is 8.31. The molecule has 0 spiro atoms. The highest BCUT2D eigenvalue weighted by Crippen LogP contribution is 2.26. The van der Waals surface area contributed by atoms with Crippen LogP contribution in [0.2, 0.25) is 0 Å². The Kier molecular flexibility index (Phi) is 4.15. The first-order chi connectivity index (χ1) is 12.7. The van der Waals surface area contributed by atoms with Crippen molar-refractivity contribution in [1.82, 2.24) is 15.0 Å². The Morgan fingerprint density at radius 3 is 2.00 bits per heavy atom. The highest BCUT2D eigenvalue weighted by Gasteiger charge is 2.08. The Morgan fingerprint density at radius 2 is 1.35 bits per heavy atom. The number of nitrogens with zero attached hydrogens (tertiary/aromatic N) is 6. The first kappa shape index (κ1) is 16.0. The lowest BCUT2D eigenvalue weighted by Gasteiger charge is -2.11. The van der Waals surface area contributed by atoms with Crippen LogP contribution in [0.1, 0.15) is 0 Å². The Bertz CT molecular complexity index is 1030. The summed E-state index contributed by atoms with van der Waals surface area (Å²) < 4.78 is 0. The molecule has 1 aromatic heterocycles. The highest BCUT2D eigenvalue weighted by atomic mass is 15.5. The molecule has 0 radical (unpaired) electrons. The van der Waals surface area contributed by atoms with Crippen LogP contribution in [0.3, 0.4) is 0 Å². The number of hydrogen-bond acceptors (Lipinski definition) is 5. The van der Waals surface area contributed by atoms with Crippen LogP contribution in [0, 0.1) is 0 Å². The van der Waals surface area contributed by atoms with E-state index in [-0.39, 0.29) is 0 Å². The normalized spacial score (nSPS) is 11.3. The third kappa shape index (κ3) is 3.17. The van der Waals surface area contributed by atoms with Gasteiger partial charge in [0, 0.05) is 19.8 Å². The minimum absolute atomic E-state index is 0.712. The number of aromatic nitrogens is 3. The molecule has 4 rings (SSSR count). The minimum atomic E-state index is 0.712. The van der Waals surface area contributed by atoms with Crippen molar-refractivity contribution in [2.45, 2.75) is 0 Å². The van der Waals surface area contributed by atoms with E-state index in [1.165, 1.54) is 0 Å². The first-order valence-corrected chi connectivity index (χ1v) is 8.31. The number of azo groups is 1. The summed E-state index contributed by atoms with van der Waals surface area (Å²) in [6, 6.07) is 23.4. The number of hydrogen-bond donors (Lipinski definition) is 0. The van der Waals surface area contributed by atoms with Gasteiger partial charge in [-0.1, -0.05) is 24.3 Å². The van der Waals surface area contributed by atoms with Crippen LogP contribution in [0.4, 0.5) is 17.1 Å². The van der Waals surface area contributed by atoms with E-state index in [0.29, 0.717) is 5.69 Å². The van der Waals surface area contributed by atoms with E-state index in [1.54, 1.807) is 4.80 Å². The van der Waals surface area contributed by atoms with Gasteiger partial charge in [0.25, 0.3) is 0 Å². The zero-order valence-corrected chi connectivity index (χ0v) is 14.6. The van der Waals surface area contributed by atoms with Gasteiger partial charge in [-0.2, -0.15) is 5.11 Å². The quantitative estimate of drug-likeness (QED) is 0.496. The molecule has 6 nitrogen and oxygen atoms in total. The van der Waals surface area contributed by atoms with Crippen LogP contribution in [-0.4, -0.2) is 29.1 Å². The van der Waals surface area contributed by atoms with Gasteiger partial charge < -0.3 is 4.90 Å². The number of anilines is 1. The Labute approximate surface area is 151 Å². The molecule has 1 heterocycles. The van der Waals surface area contributed by atoms with Crippen molar-refractivity contribution in [2.24, 2.45) is 10.2 Å². The summed E-state index contributed by atoms with van der Waals surface area (Å²) in [6.07, 6.45) is 0. The zero-order chi connectivity index (χ0) is 17.9. The standard InChI is InChI=1S/C20H18N6/c1-25(2)16-13-11-15(12-14-16)21-22-19-9-5-6-10-20(19)26-23-17-7-3-4-8-18(17)24-26/h3-14H,1-2H3. The van der Waals surface area contributed by atoms with E-state index >= 15 is 0 Å². The Morgan fingerprint density at radius 1 is 0.731 bits per heavy atom. The average Bonchev–Trinajstić information content (AvgIpc) is 3.11. The monoisotopic (exact) mass is 342 g/mol. The van der Waals surface area contributed by atoms with Gasteiger partial charge >= 0.3 is 0 Å². The molecule has 0 atom stereocenters. The summed E-state index contributed by atoms with van der Waals surface area (Å²) in [5, 5.41) is 17.8. The molecular weight excluding hydrogens is 324 g/mol. The molecule has 0 amide bonds. The smallest absolute Gasteiger partial charge is 0.113 e. The maximum absolute atomic E-state index is 4.53. The fourth-order valence-electron chi connectivity index (χ4n) is 2.61. The van der Waals surface area contributed by atoms with Crippen molar-refractivity contribution >= 4 is 28.1 Å². The van der Waals surface area contributed by atoms with Gasteiger partial charge in [0.1, 0.15) is 22.4 Å². The third-order valence-corrected chi connectivity index (χ3v) is 4.02. The second kappa shape index (κ2) is 6.76. The fourth-order valence-corrected chi connectivity index (χ4v) is 2.61. The maximum Gasteiger partial charge on any atom is 0.113 e. The van der Waals surface area contributed by atoms with Gasteiger partial charge in [0.2, 0.25) is 0 Å². The van der Waals surface area contributed by atoms with Crippen LogP contribution in [0.5, 0.6) is 0 Å². The van der Waals surface area contributed by atoms with Crippen molar-refractivity contribution in [3.8, 4) is 5.69 Å². The molecule has 0 aliphatic carbocycles. The molecule has 0 aliphatic rings. The highest BCUT2D eigenvalue weighted by molar-refractivity contribution is 5.74.